The van der Waals surface area contributed by atoms with E-state index < -0.39 is 0 Å². The number of hydrogen-bond acceptors (Lipinski definition) is 1. The first-order valence-corrected chi connectivity index (χ1v) is 7.37. The lowest BCUT2D eigenvalue weighted by Crippen LogP contribution is -2.36. The van der Waals surface area contributed by atoms with Crippen LogP contribution in [0, 0.1) is 0 Å². The highest BCUT2D eigenvalue weighted by Crippen LogP contribution is 2.26. The van der Waals surface area contributed by atoms with Gasteiger partial charge >= 0.3 is 6.03 Å². The van der Waals surface area contributed by atoms with Crippen molar-refractivity contribution in [1.82, 2.24) is 5.32 Å². The fraction of sp³-hybridized carbons (Fsp3) is 0.562. The van der Waals surface area contributed by atoms with Gasteiger partial charge < -0.3 is 10.6 Å². The topological polar surface area (TPSA) is 41.1 Å². The third kappa shape index (κ3) is 3.72. The Kier molecular flexibility index (Phi) is 4.83. The van der Waals surface area contributed by atoms with Crippen LogP contribution >= 0.6 is 0 Å². The number of carbonyl (C=O) groups is 1. The predicted octanol–water partition coefficient (Wildman–Crippen LogP) is 4.26. The monoisotopic (exact) mass is 260 g/mol. The molecule has 1 aromatic carbocycles. The molecule has 0 spiro atoms. The second-order valence-corrected chi connectivity index (χ2v) is 5.48. The van der Waals surface area contributed by atoms with Crippen molar-refractivity contribution in [2.24, 2.45) is 0 Å². The van der Waals surface area contributed by atoms with Gasteiger partial charge in [0, 0.05) is 11.7 Å². The zero-order valence-corrected chi connectivity index (χ0v) is 11.9. The van der Waals surface area contributed by atoms with Gasteiger partial charge in [0.15, 0.2) is 0 Å². The first-order valence-electron chi connectivity index (χ1n) is 7.37. The Morgan fingerprint density at radius 2 is 2.00 bits per heavy atom. The summed E-state index contributed by atoms with van der Waals surface area (Å²) in [6.07, 6.45) is 5.76. The Bertz CT molecular complexity index is 425. The molecule has 2 N–H and O–H groups in total. The number of amides is 2. The Hall–Kier alpha value is -1.51. The van der Waals surface area contributed by atoms with Gasteiger partial charge in [0.1, 0.15) is 0 Å². The summed E-state index contributed by atoms with van der Waals surface area (Å²) in [5.74, 6) is 0.461. The van der Waals surface area contributed by atoms with Crippen molar-refractivity contribution in [3.05, 3.63) is 29.8 Å². The van der Waals surface area contributed by atoms with Crippen molar-refractivity contribution < 1.29 is 4.79 Å². The highest BCUT2D eigenvalue weighted by atomic mass is 16.2. The molecule has 1 aliphatic rings. The van der Waals surface area contributed by atoms with Crippen LogP contribution in [0.4, 0.5) is 10.5 Å². The van der Waals surface area contributed by atoms with Crippen LogP contribution in [-0.2, 0) is 0 Å². The van der Waals surface area contributed by atoms with Crippen molar-refractivity contribution in [2.75, 3.05) is 5.32 Å². The van der Waals surface area contributed by atoms with E-state index in [4.69, 9.17) is 0 Å². The highest BCUT2D eigenvalue weighted by molar-refractivity contribution is 5.90. The number of urea groups is 1. The molecule has 104 valence electrons. The first kappa shape index (κ1) is 13.9. The van der Waals surface area contributed by atoms with Crippen molar-refractivity contribution >= 4 is 11.7 Å². The quantitative estimate of drug-likeness (QED) is 0.834. The number of anilines is 1. The van der Waals surface area contributed by atoms with E-state index in [-0.39, 0.29) is 6.03 Å². The molecule has 3 nitrogen and oxygen atoms in total. The van der Waals surface area contributed by atoms with E-state index in [0.29, 0.717) is 12.0 Å². The van der Waals surface area contributed by atoms with Crippen LogP contribution in [0.3, 0.4) is 0 Å². The maximum absolute atomic E-state index is 12.0. The van der Waals surface area contributed by atoms with Gasteiger partial charge in [-0.05, 0) is 36.8 Å². The van der Waals surface area contributed by atoms with Gasteiger partial charge in [0.05, 0.1) is 0 Å². The summed E-state index contributed by atoms with van der Waals surface area (Å²) in [7, 11) is 0. The predicted molar refractivity (Wildman–Crippen MR) is 79.6 cm³/mol. The maximum atomic E-state index is 12.0. The third-order valence-electron chi connectivity index (χ3n) is 4.04. The summed E-state index contributed by atoms with van der Waals surface area (Å²) < 4.78 is 0. The second kappa shape index (κ2) is 6.60. The minimum absolute atomic E-state index is 0.0670. The minimum atomic E-state index is -0.0670. The number of para-hydroxylation sites is 1. The molecule has 0 heterocycles. The zero-order chi connectivity index (χ0) is 13.7. The van der Waals surface area contributed by atoms with Gasteiger partial charge in [-0.15, -0.1) is 0 Å². The van der Waals surface area contributed by atoms with Crippen LogP contribution in [0.2, 0.25) is 0 Å². The standard InChI is InChI=1S/C16H24N2O/c1-3-12(2)14-10-6-7-11-15(14)18-16(19)17-13-8-4-5-9-13/h6-7,10-13H,3-5,8-9H2,1-2H3,(H2,17,18,19). The van der Waals surface area contributed by atoms with Crippen LogP contribution in [0.1, 0.15) is 57.4 Å². The van der Waals surface area contributed by atoms with Gasteiger partial charge in [-0.25, -0.2) is 4.79 Å². The van der Waals surface area contributed by atoms with E-state index in [1.165, 1.54) is 18.4 Å². The molecule has 3 heteroatoms. The van der Waals surface area contributed by atoms with Crippen LogP contribution in [0.5, 0.6) is 0 Å². The summed E-state index contributed by atoms with van der Waals surface area (Å²) in [5.41, 5.74) is 2.15. The van der Waals surface area contributed by atoms with Crippen LogP contribution < -0.4 is 10.6 Å². The number of hydrogen-bond donors (Lipinski definition) is 2. The molecular weight excluding hydrogens is 236 g/mol. The van der Waals surface area contributed by atoms with Crippen LogP contribution in [0.15, 0.2) is 24.3 Å². The molecule has 2 rings (SSSR count). The molecule has 0 radical (unpaired) electrons. The summed E-state index contributed by atoms with van der Waals surface area (Å²) in [6, 6.07) is 8.37. The first-order chi connectivity index (χ1) is 9.20. The van der Waals surface area contributed by atoms with E-state index in [0.717, 1.165) is 24.9 Å². The molecule has 1 aromatic rings. The van der Waals surface area contributed by atoms with Crippen molar-refractivity contribution in [3.8, 4) is 0 Å². The number of nitrogens with one attached hydrogen (secondary N) is 2. The number of carbonyl (C=O) groups excluding carboxylic acids is 1. The fourth-order valence-corrected chi connectivity index (χ4v) is 2.67. The molecule has 1 atom stereocenters. The zero-order valence-electron chi connectivity index (χ0n) is 11.9. The highest BCUT2D eigenvalue weighted by Gasteiger charge is 2.18. The molecule has 19 heavy (non-hydrogen) atoms. The SMILES string of the molecule is CCC(C)c1ccccc1NC(=O)NC1CCCC1. The third-order valence-corrected chi connectivity index (χ3v) is 4.04. The average molecular weight is 260 g/mol. The van der Waals surface area contributed by atoms with E-state index in [1.54, 1.807) is 0 Å². The fourth-order valence-electron chi connectivity index (χ4n) is 2.67. The molecule has 0 aliphatic heterocycles. The molecule has 0 aromatic heterocycles. The lowest BCUT2D eigenvalue weighted by molar-refractivity contribution is 0.248. The van der Waals surface area contributed by atoms with Gasteiger partial charge in [-0.2, -0.15) is 0 Å². The second-order valence-electron chi connectivity index (χ2n) is 5.48. The average Bonchev–Trinajstić information content (AvgIpc) is 2.91. The van der Waals surface area contributed by atoms with Crippen molar-refractivity contribution in [1.29, 1.82) is 0 Å². The van der Waals surface area contributed by atoms with E-state index in [1.807, 2.05) is 18.2 Å². The molecule has 2 amide bonds. The molecule has 1 saturated carbocycles. The Balaban J connectivity index is 1.99. The van der Waals surface area contributed by atoms with E-state index >= 15 is 0 Å². The lowest BCUT2D eigenvalue weighted by Gasteiger charge is -2.17. The molecule has 1 fully saturated rings. The molecular formula is C16H24N2O. The number of rotatable bonds is 4. The van der Waals surface area contributed by atoms with E-state index in [2.05, 4.69) is 30.5 Å². The van der Waals surface area contributed by atoms with Gasteiger partial charge in [-0.1, -0.05) is 44.9 Å². The Morgan fingerprint density at radius 3 is 2.68 bits per heavy atom. The summed E-state index contributed by atoms with van der Waals surface area (Å²) in [4.78, 5) is 12.0. The molecule has 1 aliphatic carbocycles. The van der Waals surface area contributed by atoms with Crippen LogP contribution in [0.25, 0.3) is 0 Å². The number of benzene rings is 1. The van der Waals surface area contributed by atoms with Gasteiger partial charge in [-0.3, -0.25) is 0 Å². The Labute approximate surface area is 115 Å². The summed E-state index contributed by atoms with van der Waals surface area (Å²) in [5, 5.41) is 6.06. The molecule has 1 unspecified atom stereocenters. The minimum Gasteiger partial charge on any atom is -0.335 e. The van der Waals surface area contributed by atoms with Crippen molar-refractivity contribution in [3.63, 3.8) is 0 Å². The maximum Gasteiger partial charge on any atom is 0.319 e. The van der Waals surface area contributed by atoms with Crippen molar-refractivity contribution in [2.45, 2.75) is 57.9 Å². The lowest BCUT2D eigenvalue weighted by atomic mass is 9.97. The molecule has 0 saturated heterocycles. The van der Waals surface area contributed by atoms with E-state index in [9.17, 15) is 4.79 Å². The summed E-state index contributed by atoms with van der Waals surface area (Å²) >= 11 is 0. The summed E-state index contributed by atoms with van der Waals surface area (Å²) in [6.45, 7) is 4.36. The van der Waals surface area contributed by atoms with Crippen LogP contribution in [-0.4, -0.2) is 12.1 Å². The Morgan fingerprint density at radius 1 is 1.32 bits per heavy atom. The largest absolute Gasteiger partial charge is 0.335 e. The smallest absolute Gasteiger partial charge is 0.319 e. The normalized spacial score (nSPS) is 17.2. The van der Waals surface area contributed by atoms with Gasteiger partial charge in [0.2, 0.25) is 0 Å². The van der Waals surface area contributed by atoms with Gasteiger partial charge in [0.25, 0.3) is 0 Å². The molecule has 0 bridgehead atoms.